The lowest BCUT2D eigenvalue weighted by Gasteiger charge is -2.25. The zero-order valence-electron chi connectivity index (χ0n) is 17.9. The van der Waals surface area contributed by atoms with Gasteiger partial charge >= 0.3 is 0 Å². The van der Waals surface area contributed by atoms with E-state index in [9.17, 15) is 14.0 Å². The van der Waals surface area contributed by atoms with Crippen molar-refractivity contribution in [2.24, 2.45) is 5.92 Å². The largest absolute Gasteiger partial charge is 0.368 e. The topological polar surface area (TPSA) is 49.9 Å². The number of hydrogen-bond acceptors (Lipinski definition) is 3. The van der Waals surface area contributed by atoms with E-state index < -0.39 is 0 Å². The second kappa shape index (κ2) is 9.60. The van der Waals surface area contributed by atoms with Gasteiger partial charge in [-0.15, -0.1) is 0 Å². The first-order valence-electron chi connectivity index (χ1n) is 11.1. The maximum atomic E-state index is 13.3. The van der Waals surface area contributed by atoms with Gasteiger partial charge in [0.05, 0.1) is 5.92 Å². The van der Waals surface area contributed by atoms with Crippen LogP contribution in [-0.2, 0) is 20.7 Å². The molecule has 2 aromatic carbocycles. The monoisotopic (exact) mass is 424 g/mol. The Labute approximate surface area is 182 Å². The number of likely N-dealkylation sites (N-methyl/N-ethyl adjacent to an activating group) is 1. The van der Waals surface area contributed by atoms with Gasteiger partial charge in [-0.3, -0.25) is 9.59 Å². The van der Waals surface area contributed by atoms with E-state index in [1.807, 2.05) is 41.0 Å². The van der Waals surface area contributed by atoms with Crippen LogP contribution in [0, 0.1) is 11.7 Å². The Hall–Kier alpha value is -2.73. The van der Waals surface area contributed by atoms with Gasteiger partial charge in [0, 0.05) is 32.8 Å². The summed E-state index contributed by atoms with van der Waals surface area (Å²) in [6.45, 7) is 4.75. The maximum absolute atomic E-state index is 13.3. The molecule has 31 heavy (non-hydrogen) atoms. The molecular weight excluding hydrogens is 395 g/mol. The molecule has 0 spiro atoms. The third-order valence-corrected chi connectivity index (χ3v) is 6.23. The zero-order chi connectivity index (χ0) is 21.8. The van der Waals surface area contributed by atoms with Gasteiger partial charge in [-0.05, 0) is 55.0 Å². The standard InChI is InChI=1S/C25H29FN2O3/c1-2-27-12-13-28(25(30)23-7-4-14-31-23)17-21(24(27)29)16-18-5-3-6-20(15-18)19-8-10-22(26)11-9-19/h3,5-6,8-11,15,21,23H,2,4,7,12-14,16-17H2,1H3/t21-,23-/m1/s1. The lowest BCUT2D eigenvalue weighted by molar-refractivity contribution is -0.141. The fraction of sp³-hybridized carbons (Fsp3) is 0.440. The molecule has 2 aliphatic rings. The van der Waals surface area contributed by atoms with Crippen molar-refractivity contribution < 1.29 is 18.7 Å². The Bertz CT molecular complexity index is 925. The molecule has 0 aliphatic carbocycles. The third-order valence-electron chi connectivity index (χ3n) is 6.23. The molecule has 6 heteroatoms. The number of carbonyl (C=O) groups is 2. The molecule has 2 saturated heterocycles. The highest BCUT2D eigenvalue weighted by molar-refractivity contribution is 5.84. The van der Waals surface area contributed by atoms with Crippen LogP contribution in [-0.4, -0.2) is 60.5 Å². The van der Waals surface area contributed by atoms with Crippen LogP contribution in [0.1, 0.15) is 25.3 Å². The van der Waals surface area contributed by atoms with Crippen molar-refractivity contribution in [1.82, 2.24) is 9.80 Å². The van der Waals surface area contributed by atoms with Gasteiger partial charge in [-0.2, -0.15) is 0 Å². The zero-order valence-corrected chi connectivity index (χ0v) is 17.9. The van der Waals surface area contributed by atoms with Gasteiger partial charge < -0.3 is 14.5 Å². The molecule has 2 atom stereocenters. The predicted molar refractivity (Wildman–Crippen MR) is 117 cm³/mol. The van der Waals surface area contributed by atoms with Crippen LogP contribution < -0.4 is 0 Å². The summed E-state index contributed by atoms with van der Waals surface area (Å²) in [6.07, 6.45) is 1.85. The van der Waals surface area contributed by atoms with Crippen LogP contribution in [0.15, 0.2) is 48.5 Å². The molecule has 0 radical (unpaired) electrons. The molecule has 0 bridgehead atoms. The molecule has 5 nitrogen and oxygen atoms in total. The number of hydrogen-bond donors (Lipinski definition) is 0. The Balaban J connectivity index is 1.54. The Morgan fingerprint density at radius 3 is 2.65 bits per heavy atom. The highest BCUT2D eigenvalue weighted by atomic mass is 19.1. The van der Waals surface area contributed by atoms with Crippen molar-refractivity contribution in [1.29, 1.82) is 0 Å². The van der Waals surface area contributed by atoms with E-state index in [-0.39, 0.29) is 29.7 Å². The molecule has 2 aliphatic heterocycles. The number of nitrogens with zero attached hydrogens (tertiary/aromatic N) is 2. The van der Waals surface area contributed by atoms with Gasteiger partial charge in [-0.1, -0.05) is 36.4 Å². The summed E-state index contributed by atoms with van der Waals surface area (Å²) in [5.41, 5.74) is 2.95. The smallest absolute Gasteiger partial charge is 0.251 e. The molecule has 2 heterocycles. The Morgan fingerprint density at radius 1 is 1.13 bits per heavy atom. The van der Waals surface area contributed by atoms with Gasteiger partial charge in [0.1, 0.15) is 11.9 Å². The molecule has 2 fully saturated rings. The first-order chi connectivity index (χ1) is 15.0. The second-order valence-corrected chi connectivity index (χ2v) is 8.31. The minimum absolute atomic E-state index is 0.00770. The number of carbonyl (C=O) groups excluding carboxylic acids is 2. The molecule has 0 unspecified atom stereocenters. The SMILES string of the molecule is CCN1CCN(C(=O)[C@H]2CCCO2)C[C@@H](Cc2cccc(-c3ccc(F)cc3)c2)C1=O. The average Bonchev–Trinajstić information content (AvgIpc) is 3.28. The van der Waals surface area contributed by atoms with Crippen LogP contribution in [0.4, 0.5) is 4.39 Å². The van der Waals surface area contributed by atoms with Crippen molar-refractivity contribution in [3.05, 3.63) is 59.9 Å². The van der Waals surface area contributed by atoms with E-state index in [2.05, 4.69) is 0 Å². The number of ether oxygens (including phenoxy) is 1. The molecule has 2 amide bonds. The van der Waals surface area contributed by atoms with Crippen LogP contribution in [0.3, 0.4) is 0 Å². The van der Waals surface area contributed by atoms with Crippen LogP contribution >= 0.6 is 0 Å². The summed E-state index contributed by atoms with van der Waals surface area (Å²) in [7, 11) is 0. The summed E-state index contributed by atoms with van der Waals surface area (Å²) in [6, 6.07) is 14.4. The predicted octanol–water partition coefficient (Wildman–Crippen LogP) is 3.52. The molecule has 0 saturated carbocycles. The van der Waals surface area contributed by atoms with E-state index in [1.165, 1.54) is 12.1 Å². The van der Waals surface area contributed by atoms with Gasteiger partial charge in [-0.25, -0.2) is 4.39 Å². The molecule has 0 aromatic heterocycles. The minimum atomic E-state index is -0.370. The number of benzene rings is 2. The fourth-order valence-corrected chi connectivity index (χ4v) is 4.49. The molecule has 4 rings (SSSR count). The summed E-state index contributed by atoms with van der Waals surface area (Å²) < 4.78 is 18.9. The summed E-state index contributed by atoms with van der Waals surface area (Å²) >= 11 is 0. The minimum Gasteiger partial charge on any atom is -0.368 e. The van der Waals surface area contributed by atoms with Crippen LogP contribution in [0.2, 0.25) is 0 Å². The van der Waals surface area contributed by atoms with E-state index in [0.29, 0.717) is 39.2 Å². The van der Waals surface area contributed by atoms with E-state index >= 15 is 0 Å². The number of amides is 2. The maximum Gasteiger partial charge on any atom is 0.251 e. The van der Waals surface area contributed by atoms with Gasteiger partial charge in [0.2, 0.25) is 5.91 Å². The van der Waals surface area contributed by atoms with Crippen molar-refractivity contribution in [2.75, 3.05) is 32.8 Å². The second-order valence-electron chi connectivity index (χ2n) is 8.31. The number of rotatable bonds is 5. The summed E-state index contributed by atoms with van der Waals surface area (Å²) in [5, 5.41) is 0. The van der Waals surface area contributed by atoms with E-state index in [4.69, 9.17) is 4.74 Å². The average molecular weight is 425 g/mol. The normalized spacial score (nSPS) is 21.9. The molecule has 2 aromatic rings. The van der Waals surface area contributed by atoms with Crippen molar-refractivity contribution in [2.45, 2.75) is 32.3 Å². The highest BCUT2D eigenvalue weighted by Gasteiger charge is 2.35. The third kappa shape index (κ3) is 4.96. The first kappa shape index (κ1) is 21.5. The fourth-order valence-electron chi connectivity index (χ4n) is 4.49. The van der Waals surface area contributed by atoms with Gasteiger partial charge in [0.15, 0.2) is 0 Å². The van der Waals surface area contributed by atoms with E-state index in [1.54, 1.807) is 12.1 Å². The van der Waals surface area contributed by atoms with Crippen molar-refractivity contribution in [3.63, 3.8) is 0 Å². The summed E-state index contributed by atoms with van der Waals surface area (Å²) in [5.74, 6) is -0.457. The van der Waals surface area contributed by atoms with Crippen molar-refractivity contribution in [3.8, 4) is 11.1 Å². The van der Waals surface area contributed by atoms with Crippen molar-refractivity contribution >= 4 is 11.8 Å². The quantitative estimate of drug-likeness (QED) is 0.738. The Morgan fingerprint density at radius 2 is 1.94 bits per heavy atom. The highest BCUT2D eigenvalue weighted by Crippen LogP contribution is 2.24. The van der Waals surface area contributed by atoms with Crippen LogP contribution in [0.25, 0.3) is 11.1 Å². The Kier molecular flexibility index (Phi) is 6.66. The summed E-state index contributed by atoms with van der Waals surface area (Å²) in [4.78, 5) is 29.8. The molecular formula is C25H29FN2O3. The van der Waals surface area contributed by atoms with E-state index in [0.717, 1.165) is 29.5 Å². The van der Waals surface area contributed by atoms with Crippen LogP contribution in [0.5, 0.6) is 0 Å². The number of halogens is 1. The lowest BCUT2D eigenvalue weighted by atomic mass is 9.94. The molecule has 0 N–H and O–H groups in total. The molecule has 164 valence electrons. The van der Waals surface area contributed by atoms with Gasteiger partial charge in [0.25, 0.3) is 5.91 Å². The lowest BCUT2D eigenvalue weighted by Crippen LogP contribution is -2.42. The first-order valence-corrected chi connectivity index (χ1v) is 11.1.